The Labute approximate surface area is 131 Å². The summed E-state index contributed by atoms with van der Waals surface area (Å²) in [4.78, 5) is 10.6. The lowest BCUT2D eigenvalue weighted by Gasteiger charge is -2.22. The SMILES string of the molecule is CN=C(NCc1cccnc1OC)N(C)Cc1cccn1C. The van der Waals surface area contributed by atoms with E-state index in [0.717, 1.165) is 18.1 Å². The predicted molar refractivity (Wildman–Crippen MR) is 87.9 cm³/mol. The highest BCUT2D eigenvalue weighted by atomic mass is 16.5. The summed E-state index contributed by atoms with van der Waals surface area (Å²) in [5, 5.41) is 3.34. The van der Waals surface area contributed by atoms with Crippen LogP contribution in [0, 0.1) is 0 Å². The third-order valence-electron chi connectivity index (χ3n) is 3.50. The Morgan fingerprint density at radius 1 is 1.41 bits per heavy atom. The van der Waals surface area contributed by atoms with Crippen molar-refractivity contribution in [1.82, 2.24) is 19.8 Å². The van der Waals surface area contributed by atoms with Crippen molar-refractivity contribution in [3.8, 4) is 5.88 Å². The zero-order chi connectivity index (χ0) is 15.9. The largest absolute Gasteiger partial charge is 0.481 e. The van der Waals surface area contributed by atoms with Crippen molar-refractivity contribution >= 4 is 5.96 Å². The fourth-order valence-corrected chi connectivity index (χ4v) is 2.28. The molecule has 0 fully saturated rings. The van der Waals surface area contributed by atoms with Crippen LogP contribution in [0.4, 0.5) is 0 Å². The zero-order valence-corrected chi connectivity index (χ0v) is 13.6. The second kappa shape index (κ2) is 7.49. The quantitative estimate of drug-likeness (QED) is 0.674. The van der Waals surface area contributed by atoms with Crippen molar-refractivity contribution in [3.63, 3.8) is 0 Å². The molecule has 0 saturated heterocycles. The smallest absolute Gasteiger partial charge is 0.218 e. The summed E-state index contributed by atoms with van der Waals surface area (Å²) < 4.78 is 7.37. The molecule has 2 aromatic rings. The third-order valence-corrected chi connectivity index (χ3v) is 3.50. The van der Waals surface area contributed by atoms with Crippen LogP contribution in [0.3, 0.4) is 0 Å². The average Bonchev–Trinajstić information content (AvgIpc) is 2.93. The van der Waals surface area contributed by atoms with Crippen LogP contribution in [0.25, 0.3) is 0 Å². The number of hydrogen-bond donors (Lipinski definition) is 1. The molecule has 2 heterocycles. The van der Waals surface area contributed by atoms with Crippen molar-refractivity contribution in [2.75, 3.05) is 21.2 Å². The molecule has 0 saturated carbocycles. The zero-order valence-electron chi connectivity index (χ0n) is 13.6. The minimum atomic E-state index is 0.612. The number of pyridine rings is 1. The molecule has 0 amide bonds. The molecule has 0 aliphatic heterocycles. The van der Waals surface area contributed by atoms with E-state index in [0.29, 0.717) is 12.4 Å². The summed E-state index contributed by atoms with van der Waals surface area (Å²) in [6.45, 7) is 1.40. The van der Waals surface area contributed by atoms with E-state index in [-0.39, 0.29) is 0 Å². The number of methoxy groups -OCH3 is 1. The number of nitrogens with one attached hydrogen (secondary N) is 1. The fraction of sp³-hybridized carbons (Fsp3) is 0.375. The number of hydrogen-bond acceptors (Lipinski definition) is 3. The molecular formula is C16H23N5O. The van der Waals surface area contributed by atoms with Gasteiger partial charge in [-0.3, -0.25) is 4.99 Å². The summed E-state index contributed by atoms with van der Waals surface area (Å²) in [6.07, 6.45) is 3.76. The third kappa shape index (κ3) is 3.78. The number of ether oxygens (including phenoxy) is 1. The van der Waals surface area contributed by atoms with Gasteiger partial charge in [-0.25, -0.2) is 4.98 Å². The molecular weight excluding hydrogens is 278 g/mol. The number of aryl methyl sites for hydroxylation is 1. The summed E-state index contributed by atoms with van der Waals surface area (Å²) in [6, 6.07) is 8.03. The van der Waals surface area contributed by atoms with Crippen molar-refractivity contribution in [2.24, 2.45) is 12.0 Å². The number of aromatic nitrogens is 2. The van der Waals surface area contributed by atoms with Gasteiger partial charge >= 0.3 is 0 Å². The van der Waals surface area contributed by atoms with Crippen LogP contribution in [-0.4, -0.2) is 41.6 Å². The van der Waals surface area contributed by atoms with Gasteiger partial charge in [0.2, 0.25) is 5.88 Å². The first-order valence-corrected chi connectivity index (χ1v) is 7.15. The molecule has 1 N–H and O–H groups in total. The van der Waals surface area contributed by atoms with Gasteiger partial charge in [-0.05, 0) is 18.2 Å². The molecule has 22 heavy (non-hydrogen) atoms. The first-order chi connectivity index (χ1) is 10.7. The average molecular weight is 301 g/mol. The van der Waals surface area contributed by atoms with Gasteiger partial charge in [-0.1, -0.05) is 6.07 Å². The Bertz CT molecular complexity index is 635. The second-order valence-electron chi connectivity index (χ2n) is 5.04. The van der Waals surface area contributed by atoms with Gasteiger partial charge in [0.05, 0.1) is 13.7 Å². The molecule has 0 aliphatic carbocycles. The Morgan fingerprint density at radius 2 is 2.23 bits per heavy atom. The minimum absolute atomic E-state index is 0.612. The summed E-state index contributed by atoms with van der Waals surface area (Å²) in [7, 11) is 7.47. The van der Waals surface area contributed by atoms with E-state index in [1.165, 1.54) is 5.69 Å². The van der Waals surface area contributed by atoms with E-state index in [4.69, 9.17) is 4.74 Å². The van der Waals surface area contributed by atoms with Crippen molar-refractivity contribution in [3.05, 3.63) is 47.9 Å². The van der Waals surface area contributed by atoms with Crippen LogP contribution in [0.15, 0.2) is 41.7 Å². The normalized spacial score (nSPS) is 11.4. The van der Waals surface area contributed by atoms with Gasteiger partial charge in [0.1, 0.15) is 0 Å². The van der Waals surface area contributed by atoms with Crippen LogP contribution in [0.2, 0.25) is 0 Å². The van der Waals surface area contributed by atoms with Gasteiger partial charge < -0.3 is 19.5 Å². The topological polar surface area (TPSA) is 54.7 Å². The number of guanidine groups is 1. The van der Waals surface area contributed by atoms with E-state index in [1.807, 2.05) is 38.5 Å². The van der Waals surface area contributed by atoms with Gasteiger partial charge in [0.15, 0.2) is 5.96 Å². The number of nitrogens with zero attached hydrogens (tertiary/aromatic N) is 4. The van der Waals surface area contributed by atoms with E-state index < -0.39 is 0 Å². The molecule has 0 aliphatic rings. The molecule has 2 rings (SSSR count). The van der Waals surface area contributed by atoms with Crippen LogP contribution < -0.4 is 10.1 Å². The number of rotatable bonds is 5. The molecule has 0 radical (unpaired) electrons. The maximum Gasteiger partial charge on any atom is 0.218 e. The van der Waals surface area contributed by atoms with Gasteiger partial charge in [-0.2, -0.15) is 0 Å². The van der Waals surface area contributed by atoms with Crippen LogP contribution in [0.1, 0.15) is 11.3 Å². The van der Waals surface area contributed by atoms with Gasteiger partial charge in [-0.15, -0.1) is 0 Å². The van der Waals surface area contributed by atoms with E-state index in [9.17, 15) is 0 Å². The standard InChI is InChI=1S/C16H23N5O/c1-17-16(21(3)12-14-8-6-10-20(14)2)19-11-13-7-5-9-18-15(13)22-4/h5-10H,11-12H2,1-4H3,(H,17,19). The van der Waals surface area contributed by atoms with Gasteiger partial charge in [0.25, 0.3) is 0 Å². The number of aliphatic imine (C=N–C) groups is 1. The first-order valence-electron chi connectivity index (χ1n) is 7.15. The molecule has 0 atom stereocenters. The van der Waals surface area contributed by atoms with Crippen molar-refractivity contribution in [2.45, 2.75) is 13.1 Å². The Balaban J connectivity index is 1.99. The van der Waals surface area contributed by atoms with E-state index in [2.05, 4.69) is 30.8 Å². The summed E-state index contributed by atoms with van der Waals surface area (Å²) in [5.41, 5.74) is 2.22. The maximum absolute atomic E-state index is 5.26. The highest BCUT2D eigenvalue weighted by Crippen LogP contribution is 2.13. The molecule has 6 heteroatoms. The molecule has 0 unspecified atom stereocenters. The minimum Gasteiger partial charge on any atom is -0.481 e. The molecule has 118 valence electrons. The molecule has 0 spiro atoms. The van der Waals surface area contributed by atoms with Crippen LogP contribution >= 0.6 is 0 Å². The highest BCUT2D eigenvalue weighted by Gasteiger charge is 2.10. The Hall–Kier alpha value is -2.50. The second-order valence-corrected chi connectivity index (χ2v) is 5.04. The van der Waals surface area contributed by atoms with Crippen LogP contribution in [0.5, 0.6) is 5.88 Å². The summed E-state index contributed by atoms with van der Waals surface area (Å²) in [5.74, 6) is 1.46. The fourth-order valence-electron chi connectivity index (χ4n) is 2.28. The van der Waals surface area contributed by atoms with Crippen molar-refractivity contribution < 1.29 is 4.74 Å². The van der Waals surface area contributed by atoms with Crippen LogP contribution in [-0.2, 0) is 20.1 Å². The summed E-state index contributed by atoms with van der Waals surface area (Å²) >= 11 is 0. The monoisotopic (exact) mass is 301 g/mol. The van der Waals surface area contributed by atoms with E-state index in [1.54, 1.807) is 20.4 Å². The van der Waals surface area contributed by atoms with E-state index >= 15 is 0 Å². The lowest BCUT2D eigenvalue weighted by Crippen LogP contribution is -2.38. The first kappa shape index (κ1) is 15.9. The van der Waals surface area contributed by atoms with Gasteiger partial charge in [0, 0.05) is 51.3 Å². The Kier molecular flexibility index (Phi) is 5.41. The predicted octanol–water partition coefficient (Wildman–Crippen LogP) is 1.64. The highest BCUT2D eigenvalue weighted by molar-refractivity contribution is 5.79. The molecule has 0 bridgehead atoms. The molecule has 6 nitrogen and oxygen atoms in total. The lowest BCUT2D eigenvalue weighted by molar-refractivity contribution is 0.391. The molecule has 0 aromatic carbocycles. The maximum atomic E-state index is 5.26. The van der Waals surface area contributed by atoms with Crippen molar-refractivity contribution in [1.29, 1.82) is 0 Å². The Morgan fingerprint density at radius 3 is 2.86 bits per heavy atom. The lowest BCUT2D eigenvalue weighted by atomic mass is 10.2. The molecule has 2 aromatic heterocycles.